The Kier molecular flexibility index (Phi) is 14.0. The third-order valence-corrected chi connectivity index (χ3v) is 10.7. The number of fused-ring (bicyclic) bond motifs is 3. The van der Waals surface area contributed by atoms with Crippen molar-refractivity contribution in [2.75, 3.05) is 26.7 Å². The van der Waals surface area contributed by atoms with E-state index in [0.29, 0.717) is 25.8 Å². The number of esters is 1. The Morgan fingerprint density at radius 2 is 1.37 bits per heavy atom. The molecule has 4 aromatic rings. The van der Waals surface area contributed by atoms with Gasteiger partial charge in [-0.1, -0.05) is 109 Å². The Bertz CT molecular complexity index is 2040. The summed E-state index contributed by atoms with van der Waals surface area (Å²) in [5.74, 6) is -1.61. The summed E-state index contributed by atoms with van der Waals surface area (Å²) < 4.78 is 16.9. The van der Waals surface area contributed by atoms with Gasteiger partial charge >= 0.3 is 18.2 Å². The number of ether oxygens (including phenoxy) is 3. The standard InChI is InChI=1S/C47H54N4O8/c1-47(2,3)59-45(55)48-27-15-25-39(49-46(56)58-31-38-36-23-13-11-21-34(36)35-22-12-14-24-37(35)38)42(52)50(4)41(29-32-17-7-5-8-18-32)43(53)51-28-16-26-40(51)44(54)57-30-33-19-9-6-10-20-33/h5-14,17-24,38-41H,15-16,25-31H2,1-4H3,(H,48,55)(H,49,56)/t39-,40-,41+/m0/s1. The summed E-state index contributed by atoms with van der Waals surface area (Å²) in [6.07, 6.45) is 0.236. The lowest BCUT2D eigenvalue weighted by Crippen LogP contribution is -2.57. The zero-order chi connectivity index (χ0) is 41.9. The molecule has 1 aliphatic carbocycles. The predicted molar refractivity (Wildman–Crippen MR) is 223 cm³/mol. The summed E-state index contributed by atoms with van der Waals surface area (Å²) in [5, 5.41) is 5.50. The van der Waals surface area contributed by atoms with Gasteiger partial charge in [0.25, 0.3) is 0 Å². The summed E-state index contributed by atoms with van der Waals surface area (Å²) >= 11 is 0. The minimum absolute atomic E-state index is 0.0443. The number of rotatable bonds is 15. The highest BCUT2D eigenvalue weighted by Gasteiger charge is 2.41. The maximum atomic E-state index is 14.6. The first kappa shape index (κ1) is 42.4. The van der Waals surface area contributed by atoms with Crippen LogP contribution in [0.2, 0.25) is 0 Å². The van der Waals surface area contributed by atoms with Gasteiger partial charge in [0.1, 0.15) is 36.9 Å². The van der Waals surface area contributed by atoms with Crippen molar-refractivity contribution in [1.29, 1.82) is 0 Å². The second-order valence-electron chi connectivity index (χ2n) is 16.0. The molecular weight excluding hydrogens is 749 g/mol. The van der Waals surface area contributed by atoms with E-state index in [9.17, 15) is 24.0 Å². The normalized spacial score (nSPS) is 15.6. The van der Waals surface area contributed by atoms with Crippen molar-refractivity contribution in [3.8, 4) is 11.1 Å². The average Bonchev–Trinajstić information content (AvgIpc) is 3.85. The molecule has 0 spiro atoms. The van der Waals surface area contributed by atoms with E-state index in [1.807, 2.05) is 97.1 Å². The number of carbonyl (C=O) groups is 5. The van der Waals surface area contributed by atoms with Crippen LogP contribution in [0.4, 0.5) is 9.59 Å². The number of benzene rings is 4. The largest absolute Gasteiger partial charge is 0.459 e. The summed E-state index contributed by atoms with van der Waals surface area (Å²) in [6, 6.07) is 31.8. The first-order valence-corrected chi connectivity index (χ1v) is 20.3. The van der Waals surface area contributed by atoms with Gasteiger partial charge < -0.3 is 34.6 Å². The van der Waals surface area contributed by atoms with Gasteiger partial charge in [-0.05, 0) is 79.8 Å². The van der Waals surface area contributed by atoms with E-state index in [1.54, 1.807) is 20.8 Å². The monoisotopic (exact) mass is 802 g/mol. The number of alkyl carbamates (subject to hydrolysis) is 2. The van der Waals surface area contributed by atoms with Crippen molar-refractivity contribution < 1.29 is 38.2 Å². The van der Waals surface area contributed by atoms with Crippen LogP contribution in [-0.2, 0) is 41.6 Å². The molecule has 0 saturated carbocycles. The minimum Gasteiger partial charge on any atom is -0.459 e. The van der Waals surface area contributed by atoms with Gasteiger partial charge in [0.05, 0.1) is 0 Å². The van der Waals surface area contributed by atoms with Crippen molar-refractivity contribution in [2.45, 2.75) is 89.1 Å². The number of amides is 4. The Morgan fingerprint density at radius 1 is 0.780 bits per heavy atom. The van der Waals surface area contributed by atoms with Gasteiger partial charge in [0, 0.05) is 32.5 Å². The number of carbonyl (C=O) groups excluding carboxylic acids is 5. The lowest BCUT2D eigenvalue weighted by molar-refractivity contribution is -0.157. The van der Waals surface area contributed by atoms with Gasteiger partial charge in [-0.25, -0.2) is 14.4 Å². The predicted octanol–water partition coefficient (Wildman–Crippen LogP) is 7.00. The molecule has 0 aromatic heterocycles. The van der Waals surface area contributed by atoms with Crippen molar-refractivity contribution in [1.82, 2.24) is 20.4 Å². The van der Waals surface area contributed by atoms with Crippen LogP contribution in [0, 0.1) is 0 Å². The molecule has 12 nitrogen and oxygen atoms in total. The van der Waals surface area contributed by atoms with Crippen LogP contribution in [0.25, 0.3) is 11.1 Å². The summed E-state index contributed by atoms with van der Waals surface area (Å²) in [5.41, 5.74) is 5.23. The quantitative estimate of drug-likeness (QED) is 0.0744. The van der Waals surface area contributed by atoms with Crippen molar-refractivity contribution in [2.24, 2.45) is 0 Å². The van der Waals surface area contributed by atoms with E-state index in [4.69, 9.17) is 14.2 Å². The smallest absolute Gasteiger partial charge is 0.407 e. The zero-order valence-corrected chi connectivity index (χ0v) is 34.2. The molecule has 0 radical (unpaired) electrons. The second kappa shape index (κ2) is 19.5. The molecular formula is C47H54N4O8. The first-order valence-electron chi connectivity index (χ1n) is 20.3. The molecule has 12 heteroatoms. The van der Waals surface area contributed by atoms with Gasteiger partial charge in [0.15, 0.2) is 0 Å². The van der Waals surface area contributed by atoms with E-state index in [-0.39, 0.29) is 38.5 Å². The maximum absolute atomic E-state index is 14.6. The minimum atomic E-state index is -1.12. The maximum Gasteiger partial charge on any atom is 0.407 e. The van der Waals surface area contributed by atoms with Crippen molar-refractivity contribution in [3.05, 3.63) is 131 Å². The van der Waals surface area contributed by atoms with Crippen LogP contribution >= 0.6 is 0 Å². The third kappa shape index (κ3) is 11.1. The first-order chi connectivity index (χ1) is 28.4. The number of likely N-dealkylation sites (N-methyl/N-ethyl adjacent to an activating group) is 1. The molecule has 0 unspecified atom stereocenters. The van der Waals surface area contributed by atoms with Gasteiger partial charge in [0.2, 0.25) is 11.8 Å². The Labute approximate surface area is 346 Å². The Morgan fingerprint density at radius 3 is 2.00 bits per heavy atom. The number of likely N-dealkylation sites (tertiary alicyclic amines) is 1. The topological polar surface area (TPSA) is 144 Å². The molecule has 1 heterocycles. The van der Waals surface area contributed by atoms with Gasteiger partial charge in [-0.2, -0.15) is 0 Å². The Hall–Kier alpha value is -6.17. The molecule has 2 aliphatic rings. The number of nitrogens with one attached hydrogen (secondary N) is 2. The van der Waals surface area contributed by atoms with E-state index >= 15 is 0 Å². The molecule has 1 saturated heterocycles. The van der Waals surface area contributed by atoms with Crippen molar-refractivity contribution >= 4 is 30.0 Å². The highest BCUT2D eigenvalue weighted by Crippen LogP contribution is 2.44. The highest BCUT2D eigenvalue weighted by atomic mass is 16.6. The van der Waals surface area contributed by atoms with E-state index in [2.05, 4.69) is 22.8 Å². The fraction of sp³-hybridized carbons (Fsp3) is 0.383. The molecule has 1 fully saturated rings. The zero-order valence-electron chi connectivity index (χ0n) is 34.2. The molecule has 4 aromatic carbocycles. The second-order valence-corrected chi connectivity index (χ2v) is 16.0. The van der Waals surface area contributed by atoms with Crippen LogP contribution in [-0.4, -0.2) is 90.2 Å². The molecule has 2 N–H and O–H groups in total. The van der Waals surface area contributed by atoms with E-state index in [1.165, 1.54) is 16.8 Å². The molecule has 4 amide bonds. The molecule has 6 rings (SSSR count). The number of hydrogen-bond acceptors (Lipinski definition) is 8. The van der Waals surface area contributed by atoms with Crippen LogP contribution < -0.4 is 10.6 Å². The Balaban J connectivity index is 1.19. The molecule has 3 atom stereocenters. The summed E-state index contributed by atoms with van der Waals surface area (Å²) in [7, 11) is 1.54. The molecule has 310 valence electrons. The molecule has 0 bridgehead atoms. The molecule has 1 aliphatic heterocycles. The number of nitrogens with zero attached hydrogens (tertiary/aromatic N) is 2. The fourth-order valence-electron chi connectivity index (χ4n) is 7.77. The van der Waals surface area contributed by atoms with Crippen LogP contribution in [0.15, 0.2) is 109 Å². The lowest BCUT2D eigenvalue weighted by Gasteiger charge is -2.35. The van der Waals surface area contributed by atoms with Crippen LogP contribution in [0.5, 0.6) is 0 Å². The third-order valence-electron chi connectivity index (χ3n) is 10.7. The summed E-state index contributed by atoms with van der Waals surface area (Å²) in [4.78, 5) is 71.5. The van der Waals surface area contributed by atoms with Crippen LogP contribution in [0.3, 0.4) is 0 Å². The van der Waals surface area contributed by atoms with E-state index < -0.39 is 53.7 Å². The lowest BCUT2D eigenvalue weighted by atomic mass is 9.98. The highest BCUT2D eigenvalue weighted by molar-refractivity contribution is 5.93. The van der Waals surface area contributed by atoms with Crippen molar-refractivity contribution in [3.63, 3.8) is 0 Å². The SMILES string of the molecule is CN(C(=O)[C@H](CCCNC(=O)OC(C)(C)C)NC(=O)OCC1c2ccccc2-c2ccccc21)[C@H](Cc1ccccc1)C(=O)N1CCC[C@H]1C(=O)OCc1ccccc1. The van der Waals surface area contributed by atoms with Gasteiger partial charge in [-0.3, -0.25) is 9.59 Å². The van der Waals surface area contributed by atoms with Crippen LogP contribution in [0.1, 0.15) is 74.6 Å². The average molecular weight is 803 g/mol. The molecule has 59 heavy (non-hydrogen) atoms. The summed E-state index contributed by atoms with van der Waals surface area (Å²) in [6.45, 7) is 5.91. The van der Waals surface area contributed by atoms with E-state index in [0.717, 1.165) is 33.4 Å². The van der Waals surface area contributed by atoms with Gasteiger partial charge in [-0.15, -0.1) is 0 Å². The fourth-order valence-corrected chi connectivity index (χ4v) is 7.77. The number of hydrogen-bond donors (Lipinski definition) is 2.